The van der Waals surface area contributed by atoms with Gasteiger partial charge in [-0.2, -0.15) is 0 Å². The Morgan fingerprint density at radius 1 is 1.45 bits per heavy atom. The lowest BCUT2D eigenvalue weighted by atomic mass is 10.2. The second-order valence-electron chi connectivity index (χ2n) is 4.43. The number of carbonyl (C=O) groups is 2. The van der Waals surface area contributed by atoms with Crippen molar-refractivity contribution in [2.75, 3.05) is 37.5 Å². The van der Waals surface area contributed by atoms with Crippen LogP contribution >= 0.6 is 11.8 Å². The smallest absolute Gasteiger partial charge is 0.240 e. The van der Waals surface area contributed by atoms with E-state index in [0.29, 0.717) is 18.9 Å². The maximum atomic E-state index is 12.0. The molecule has 0 radical (unpaired) electrons. The molecule has 1 aromatic rings. The molecule has 1 aliphatic heterocycles. The van der Waals surface area contributed by atoms with Crippen LogP contribution in [0, 0.1) is 0 Å². The summed E-state index contributed by atoms with van der Waals surface area (Å²) in [7, 11) is 1.63. The maximum absolute atomic E-state index is 12.0. The van der Waals surface area contributed by atoms with Gasteiger partial charge in [0.05, 0.1) is 11.4 Å². The van der Waals surface area contributed by atoms with Crippen molar-refractivity contribution in [3.05, 3.63) is 24.3 Å². The van der Waals surface area contributed by atoms with E-state index in [2.05, 4.69) is 5.32 Å². The number of benzene rings is 1. The molecule has 108 valence electrons. The SMILES string of the molecule is COCCCNC(=O)CN1C(=O)CSc2ccccc21. The van der Waals surface area contributed by atoms with E-state index in [-0.39, 0.29) is 18.4 Å². The molecule has 2 amide bonds. The van der Waals surface area contributed by atoms with Crippen LogP contribution in [0.2, 0.25) is 0 Å². The van der Waals surface area contributed by atoms with Gasteiger partial charge in [0.25, 0.3) is 0 Å². The number of nitrogens with zero attached hydrogens (tertiary/aromatic N) is 1. The molecule has 0 atom stereocenters. The highest BCUT2D eigenvalue weighted by molar-refractivity contribution is 8.00. The Balaban J connectivity index is 1.94. The Labute approximate surface area is 122 Å². The van der Waals surface area contributed by atoms with Crippen LogP contribution < -0.4 is 10.2 Å². The fourth-order valence-electron chi connectivity index (χ4n) is 1.97. The van der Waals surface area contributed by atoms with Crippen LogP contribution in [0.25, 0.3) is 0 Å². The maximum Gasteiger partial charge on any atom is 0.240 e. The minimum Gasteiger partial charge on any atom is -0.385 e. The second-order valence-corrected chi connectivity index (χ2v) is 5.45. The van der Waals surface area contributed by atoms with Crippen LogP contribution in [0.3, 0.4) is 0 Å². The number of nitrogens with one attached hydrogen (secondary N) is 1. The van der Waals surface area contributed by atoms with Crippen LogP contribution in [0.1, 0.15) is 6.42 Å². The number of para-hydroxylation sites is 1. The Morgan fingerprint density at radius 2 is 2.25 bits per heavy atom. The van der Waals surface area contributed by atoms with Gasteiger partial charge in [-0.05, 0) is 18.6 Å². The third-order valence-corrected chi connectivity index (χ3v) is 4.00. The summed E-state index contributed by atoms with van der Waals surface area (Å²) in [5.41, 5.74) is 0.820. The number of carbonyl (C=O) groups excluding carboxylic acids is 2. The van der Waals surface area contributed by atoms with Gasteiger partial charge < -0.3 is 15.0 Å². The number of hydrogen-bond acceptors (Lipinski definition) is 4. The zero-order chi connectivity index (χ0) is 14.4. The van der Waals surface area contributed by atoms with Crippen molar-refractivity contribution in [2.24, 2.45) is 0 Å². The Morgan fingerprint density at radius 3 is 3.05 bits per heavy atom. The lowest BCUT2D eigenvalue weighted by Gasteiger charge is -2.28. The predicted octanol–water partition coefficient (Wildman–Crippen LogP) is 1.28. The number of anilines is 1. The molecule has 6 heteroatoms. The van der Waals surface area contributed by atoms with Gasteiger partial charge in [-0.25, -0.2) is 0 Å². The minimum absolute atomic E-state index is 0.0271. The van der Waals surface area contributed by atoms with Crippen molar-refractivity contribution in [1.82, 2.24) is 5.32 Å². The summed E-state index contributed by atoms with van der Waals surface area (Å²) in [6.45, 7) is 1.25. The largest absolute Gasteiger partial charge is 0.385 e. The first-order chi connectivity index (χ1) is 9.72. The number of rotatable bonds is 6. The van der Waals surface area contributed by atoms with E-state index in [1.807, 2.05) is 24.3 Å². The van der Waals surface area contributed by atoms with E-state index >= 15 is 0 Å². The van der Waals surface area contributed by atoms with E-state index in [4.69, 9.17) is 4.74 Å². The highest BCUT2D eigenvalue weighted by Gasteiger charge is 2.25. The Bertz CT molecular complexity index is 493. The number of fused-ring (bicyclic) bond motifs is 1. The lowest BCUT2D eigenvalue weighted by Crippen LogP contribution is -2.43. The van der Waals surface area contributed by atoms with Gasteiger partial charge in [0.1, 0.15) is 6.54 Å². The van der Waals surface area contributed by atoms with Gasteiger partial charge in [0, 0.05) is 25.2 Å². The second kappa shape index (κ2) is 7.31. The highest BCUT2D eigenvalue weighted by atomic mass is 32.2. The molecule has 0 saturated carbocycles. The van der Waals surface area contributed by atoms with E-state index in [9.17, 15) is 9.59 Å². The van der Waals surface area contributed by atoms with Crippen LogP contribution in [-0.2, 0) is 14.3 Å². The lowest BCUT2D eigenvalue weighted by molar-refractivity contribution is -0.123. The first-order valence-corrected chi connectivity index (χ1v) is 7.49. The van der Waals surface area contributed by atoms with Gasteiger partial charge in [0.15, 0.2) is 0 Å². The molecule has 0 fully saturated rings. The number of hydrogen-bond donors (Lipinski definition) is 1. The molecule has 1 N–H and O–H groups in total. The van der Waals surface area contributed by atoms with E-state index < -0.39 is 0 Å². The molecule has 1 heterocycles. The normalized spacial score (nSPS) is 14.1. The van der Waals surface area contributed by atoms with Crippen molar-refractivity contribution >= 4 is 29.3 Å². The minimum atomic E-state index is -0.142. The molecular weight excluding hydrogens is 276 g/mol. The van der Waals surface area contributed by atoms with Gasteiger partial charge in [-0.3, -0.25) is 9.59 Å². The molecule has 0 saturated heterocycles. The highest BCUT2D eigenvalue weighted by Crippen LogP contribution is 2.34. The summed E-state index contributed by atoms with van der Waals surface area (Å²) in [5, 5.41) is 2.80. The molecule has 0 aliphatic carbocycles. The number of methoxy groups -OCH3 is 1. The van der Waals surface area contributed by atoms with Crippen molar-refractivity contribution < 1.29 is 14.3 Å². The quantitative estimate of drug-likeness (QED) is 0.803. The predicted molar refractivity (Wildman–Crippen MR) is 79.0 cm³/mol. The molecule has 0 spiro atoms. The first-order valence-electron chi connectivity index (χ1n) is 6.50. The van der Waals surface area contributed by atoms with E-state index in [1.54, 1.807) is 12.0 Å². The first kappa shape index (κ1) is 14.9. The summed E-state index contributed by atoms with van der Waals surface area (Å²) in [6, 6.07) is 7.65. The molecule has 0 unspecified atom stereocenters. The van der Waals surface area contributed by atoms with Crippen LogP contribution in [-0.4, -0.2) is 44.4 Å². The summed E-state index contributed by atoms with van der Waals surface area (Å²) in [5.74, 6) is 0.213. The van der Waals surface area contributed by atoms with Crippen molar-refractivity contribution in [1.29, 1.82) is 0 Å². The van der Waals surface area contributed by atoms with Crippen molar-refractivity contribution in [2.45, 2.75) is 11.3 Å². The molecule has 0 aromatic heterocycles. The Hall–Kier alpha value is -1.53. The van der Waals surface area contributed by atoms with Crippen LogP contribution in [0.5, 0.6) is 0 Å². The average Bonchev–Trinajstić information content (AvgIpc) is 2.47. The topological polar surface area (TPSA) is 58.6 Å². The summed E-state index contributed by atoms with van der Waals surface area (Å²) in [4.78, 5) is 26.4. The van der Waals surface area contributed by atoms with Gasteiger partial charge in [0.2, 0.25) is 11.8 Å². The summed E-state index contributed by atoms with van der Waals surface area (Å²) < 4.78 is 4.92. The summed E-state index contributed by atoms with van der Waals surface area (Å²) in [6.07, 6.45) is 0.766. The van der Waals surface area contributed by atoms with Crippen molar-refractivity contribution in [3.63, 3.8) is 0 Å². The van der Waals surface area contributed by atoms with Crippen LogP contribution in [0.15, 0.2) is 29.2 Å². The van der Waals surface area contributed by atoms with Crippen LogP contribution in [0.4, 0.5) is 5.69 Å². The molecule has 1 aliphatic rings. The number of amides is 2. The van der Waals surface area contributed by atoms with Gasteiger partial charge in [-0.1, -0.05) is 12.1 Å². The zero-order valence-corrected chi connectivity index (χ0v) is 12.2. The number of thioether (sulfide) groups is 1. The summed E-state index contributed by atoms with van der Waals surface area (Å²) >= 11 is 1.51. The zero-order valence-electron chi connectivity index (χ0n) is 11.4. The third kappa shape index (κ3) is 3.74. The average molecular weight is 294 g/mol. The van der Waals surface area contributed by atoms with Crippen molar-refractivity contribution in [3.8, 4) is 0 Å². The van der Waals surface area contributed by atoms with E-state index in [0.717, 1.165) is 17.0 Å². The third-order valence-electron chi connectivity index (χ3n) is 2.96. The van der Waals surface area contributed by atoms with Gasteiger partial charge in [-0.15, -0.1) is 11.8 Å². The fraction of sp³-hybridized carbons (Fsp3) is 0.429. The fourth-order valence-corrected chi connectivity index (χ4v) is 2.91. The standard InChI is InChI=1S/C14H18N2O3S/c1-19-8-4-7-15-13(17)9-16-11-5-2-3-6-12(11)20-10-14(16)18/h2-3,5-6H,4,7-10H2,1H3,(H,15,17). The number of ether oxygens (including phenoxy) is 1. The molecular formula is C14H18N2O3S. The molecule has 5 nitrogen and oxygen atoms in total. The van der Waals surface area contributed by atoms with E-state index in [1.165, 1.54) is 11.8 Å². The van der Waals surface area contributed by atoms with Gasteiger partial charge >= 0.3 is 0 Å². The Kier molecular flexibility index (Phi) is 5.43. The molecule has 20 heavy (non-hydrogen) atoms. The molecule has 1 aromatic carbocycles. The molecule has 0 bridgehead atoms. The molecule has 2 rings (SSSR count). The monoisotopic (exact) mass is 294 g/mol.